The SMILES string of the molecule is CCOc1ccccc1CCNC(=NC)NCc1nc(C)c(C)s1.I. The van der Waals surface area contributed by atoms with Crippen LogP contribution >= 0.6 is 35.3 Å². The van der Waals surface area contributed by atoms with Crippen molar-refractivity contribution in [2.24, 2.45) is 4.99 Å². The third kappa shape index (κ3) is 6.81. The summed E-state index contributed by atoms with van der Waals surface area (Å²) in [5, 5.41) is 7.73. The van der Waals surface area contributed by atoms with Gasteiger partial charge in [-0.3, -0.25) is 4.99 Å². The number of benzene rings is 1. The molecule has 0 bridgehead atoms. The summed E-state index contributed by atoms with van der Waals surface area (Å²) in [5.74, 6) is 1.74. The van der Waals surface area contributed by atoms with Crippen molar-refractivity contribution in [2.75, 3.05) is 20.2 Å². The van der Waals surface area contributed by atoms with E-state index in [2.05, 4.69) is 33.6 Å². The summed E-state index contributed by atoms with van der Waals surface area (Å²) in [6, 6.07) is 8.15. The largest absolute Gasteiger partial charge is 0.494 e. The lowest BCUT2D eigenvalue weighted by molar-refractivity contribution is 0.336. The van der Waals surface area contributed by atoms with Crippen molar-refractivity contribution in [2.45, 2.75) is 33.7 Å². The molecule has 1 aromatic heterocycles. The summed E-state index contributed by atoms with van der Waals surface area (Å²) in [6.07, 6.45) is 0.881. The first-order valence-electron chi connectivity index (χ1n) is 8.22. The quantitative estimate of drug-likeness (QED) is 0.365. The maximum absolute atomic E-state index is 5.66. The van der Waals surface area contributed by atoms with Crippen LogP contribution < -0.4 is 15.4 Å². The molecule has 0 radical (unpaired) electrons. The van der Waals surface area contributed by atoms with Crippen LogP contribution in [0.5, 0.6) is 5.75 Å². The Labute approximate surface area is 171 Å². The van der Waals surface area contributed by atoms with Crippen molar-refractivity contribution in [1.82, 2.24) is 15.6 Å². The van der Waals surface area contributed by atoms with E-state index in [4.69, 9.17) is 4.74 Å². The van der Waals surface area contributed by atoms with Gasteiger partial charge in [-0.15, -0.1) is 35.3 Å². The molecular weight excluding hydrogens is 447 g/mol. The Morgan fingerprint density at radius 1 is 1.24 bits per heavy atom. The minimum absolute atomic E-state index is 0. The normalized spacial score (nSPS) is 11.0. The fourth-order valence-corrected chi connectivity index (χ4v) is 3.19. The average molecular weight is 474 g/mol. The molecule has 0 fully saturated rings. The van der Waals surface area contributed by atoms with Crippen LogP contribution in [0, 0.1) is 13.8 Å². The predicted octanol–water partition coefficient (Wildman–Crippen LogP) is 3.68. The van der Waals surface area contributed by atoms with Crippen LogP contribution in [0.3, 0.4) is 0 Å². The highest BCUT2D eigenvalue weighted by Crippen LogP contribution is 2.18. The maximum Gasteiger partial charge on any atom is 0.191 e. The van der Waals surface area contributed by atoms with Crippen LogP contribution in [0.4, 0.5) is 0 Å². The smallest absolute Gasteiger partial charge is 0.191 e. The van der Waals surface area contributed by atoms with E-state index >= 15 is 0 Å². The number of aromatic nitrogens is 1. The third-order valence-corrected chi connectivity index (χ3v) is 4.74. The molecule has 0 aliphatic rings. The van der Waals surface area contributed by atoms with Gasteiger partial charge in [0.1, 0.15) is 10.8 Å². The first kappa shape index (κ1) is 21.7. The molecule has 0 amide bonds. The number of halogens is 1. The third-order valence-electron chi connectivity index (χ3n) is 3.66. The molecule has 2 rings (SSSR count). The van der Waals surface area contributed by atoms with Gasteiger partial charge in [0.05, 0.1) is 18.8 Å². The zero-order chi connectivity index (χ0) is 17.4. The van der Waals surface area contributed by atoms with E-state index in [-0.39, 0.29) is 24.0 Å². The second-order valence-electron chi connectivity index (χ2n) is 5.39. The van der Waals surface area contributed by atoms with Crippen molar-refractivity contribution in [3.05, 3.63) is 45.4 Å². The van der Waals surface area contributed by atoms with E-state index < -0.39 is 0 Å². The van der Waals surface area contributed by atoms with Crippen LogP contribution in [0.2, 0.25) is 0 Å². The van der Waals surface area contributed by atoms with Crippen LogP contribution in [0.25, 0.3) is 0 Å². The van der Waals surface area contributed by atoms with Gasteiger partial charge in [-0.05, 0) is 38.8 Å². The van der Waals surface area contributed by atoms with Gasteiger partial charge in [0.15, 0.2) is 5.96 Å². The number of nitrogens with zero attached hydrogens (tertiary/aromatic N) is 2. The second kappa shape index (κ2) is 11.3. The van der Waals surface area contributed by atoms with Gasteiger partial charge >= 0.3 is 0 Å². The number of aryl methyl sites for hydroxylation is 2. The number of thiazole rings is 1. The Morgan fingerprint density at radius 3 is 2.64 bits per heavy atom. The minimum atomic E-state index is 0. The van der Waals surface area contributed by atoms with Crippen LogP contribution in [0.15, 0.2) is 29.3 Å². The highest BCUT2D eigenvalue weighted by atomic mass is 127. The second-order valence-corrected chi connectivity index (χ2v) is 6.68. The molecule has 1 heterocycles. The zero-order valence-corrected chi connectivity index (χ0v) is 18.4. The molecule has 5 nitrogen and oxygen atoms in total. The molecule has 0 aliphatic heterocycles. The molecule has 1 aromatic carbocycles. The van der Waals surface area contributed by atoms with Gasteiger partial charge in [-0.25, -0.2) is 4.98 Å². The summed E-state index contributed by atoms with van der Waals surface area (Å²) >= 11 is 1.72. The van der Waals surface area contributed by atoms with E-state index in [1.54, 1.807) is 18.4 Å². The lowest BCUT2D eigenvalue weighted by Gasteiger charge is -2.13. The van der Waals surface area contributed by atoms with Crippen molar-refractivity contribution in [3.63, 3.8) is 0 Å². The minimum Gasteiger partial charge on any atom is -0.494 e. The summed E-state index contributed by atoms with van der Waals surface area (Å²) in [4.78, 5) is 10.1. The van der Waals surface area contributed by atoms with Crippen LogP contribution in [-0.4, -0.2) is 31.1 Å². The van der Waals surface area contributed by atoms with Gasteiger partial charge in [0, 0.05) is 18.5 Å². The Bertz CT molecular complexity index is 668. The van der Waals surface area contributed by atoms with Crippen LogP contribution in [0.1, 0.15) is 28.1 Å². The van der Waals surface area contributed by atoms with Gasteiger partial charge < -0.3 is 15.4 Å². The molecule has 0 saturated carbocycles. The number of guanidine groups is 1. The van der Waals surface area contributed by atoms with E-state index in [9.17, 15) is 0 Å². The van der Waals surface area contributed by atoms with E-state index in [0.29, 0.717) is 13.2 Å². The molecule has 0 aliphatic carbocycles. The predicted molar refractivity (Wildman–Crippen MR) is 117 cm³/mol. The molecule has 0 atom stereocenters. The van der Waals surface area contributed by atoms with Crippen molar-refractivity contribution < 1.29 is 4.74 Å². The Morgan fingerprint density at radius 2 is 2.00 bits per heavy atom. The number of hydrogen-bond donors (Lipinski definition) is 2. The topological polar surface area (TPSA) is 58.5 Å². The Kier molecular flexibility index (Phi) is 9.81. The fourth-order valence-electron chi connectivity index (χ4n) is 2.32. The zero-order valence-electron chi connectivity index (χ0n) is 15.3. The molecule has 0 saturated heterocycles. The summed E-state index contributed by atoms with van der Waals surface area (Å²) < 4.78 is 5.66. The number of para-hydroxylation sites is 1. The van der Waals surface area contributed by atoms with Crippen molar-refractivity contribution >= 4 is 41.3 Å². The number of ether oxygens (including phenoxy) is 1. The van der Waals surface area contributed by atoms with Gasteiger partial charge in [0.25, 0.3) is 0 Å². The first-order valence-corrected chi connectivity index (χ1v) is 9.03. The molecule has 2 aromatic rings. The molecule has 2 N–H and O–H groups in total. The monoisotopic (exact) mass is 474 g/mol. The highest BCUT2D eigenvalue weighted by molar-refractivity contribution is 14.0. The summed E-state index contributed by atoms with van der Waals surface area (Å²) in [5.41, 5.74) is 2.31. The molecule has 138 valence electrons. The van der Waals surface area contributed by atoms with Gasteiger partial charge in [0.2, 0.25) is 0 Å². The van der Waals surface area contributed by atoms with Crippen LogP contribution in [-0.2, 0) is 13.0 Å². The number of rotatable bonds is 7. The van der Waals surface area contributed by atoms with E-state index in [1.165, 1.54) is 10.4 Å². The molecule has 0 spiro atoms. The van der Waals surface area contributed by atoms with Crippen molar-refractivity contribution in [3.8, 4) is 5.75 Å². The highest BCUT2D eigenvalue weighted by Gasteiger charge is 2.06. The first-order chi connectivity index (χ1) is 11.6. The lowest BCUT2D eigenvalue weighted by Crippen LogP contribution is -2.37. The fraction of sp³-hybridized carbons (Fsp3) is 0.444. The lowest BCUT2D eigenvalue weighted by atomic mass is 10.1. The maximum atomic E-state index is 5.66. The van der Waals surface area contributed by atoms with Crippen molar-refractivity contribution in [1.29, 1.82) is 0 Å². The number of nitrogens with one attached hydrogen (secondary N) is 2. The van der Waals surface area contributed by atoms with E-state index in [0.717, 1.165) is 35.4 Å². The standard InChI is InChI=1S/C18H26N4OS.HI/c1-5-23-16-9-7-6-8-15(16)10-11-20-18(19-4)21-12-17-22-13(2)14(3)24-17;/h6-9H,5,10-12H2,1-4H3,(H2,19,20,21);1H. The summed E-state index contributed by atoms with van der Waals surface area (Å²) in [6.45, 7) is 8.30. The Balaban J connectivity index is 0.00000312. The molecular formula is C18H27IN4OS. The molecule has 7 heteroatoms. The molecule has 25 heavy (non-hydrogen) atoms. The molecule has 0 unspecified atom stereocenters. The number of hydrogen-bond acceptors (Lipinski definition) is 4. The summed E-state index contributed by atoms with van der Waals surface area (Å²) in [7, 11) is 1.78. The van der Waals surface area contributed by atoms with E-state index in [1.807, 2.05) is 32.0 Å². The number of aliphatic imine (C=N–C) groups is 1. The average Bonchev–Trinajstić information content (AvgIpc) is 2.90. The van der Waals surface area contributed by atoms with Gasteiger partial charge in [-0.2, -0.15) is 0 Å². The van der Waals surface area contributed by atoms with Gasteiger partial charge in [-0.1, -0.05) is 18.2 Å². The Hall–Kier alpha value is -1.35.